The molecule has 3 aromatic rings. The number of fused-ring (bicyclic) bond motifs is 1. The monoisotopic (exact) mass is 232 g/mol. The lowest BCUT2D eigenvalue weighted by atomic mass is 10.2. The van der Waals surface area contributed by atoms with E-state index in [0.29, 0.717) is 0 Å². The van der Waals surface area contributed by atoms with E-state index < -0.39 is 0 Å². The molecule has 0 radical (unpaired) electrons. The van der Waals surface area contributed by atoms with Crippen molar-refractivity contribution in [2.75, 3.05) is 0 Å². The quantitative estimate of drug-likeness (QED) is 0.671. The number of nitrogens with zero attached hydrogens (tertiary/aromatic N) is 2. The number of aromatic nitrogens is 2. The van der Waals surface area contributed by atoms with Crippen LogP contribution in [0.2, 0.25) is 0 Å². The van der Waals surface area contributed by atoms with E-state index in [1.807, 2.05) is 48.6 Å². The average Bonchev–Trinajstić information content (AvgIpc) is 2.46. The summed E-state index contributed by atoms with van der Waals surface area (Å²) in [7, 11) is 0. The molecule has 0 aliphatic heterocycles. The molecule has 2 heteroatoms. The standard InChI is InChI=1S/C16H12N2/c1-2-4-16-14(3-1)6-8-15(18-16)7-5-13-9-11-17-12-10-13/h1-12H/b7-5+. The Balaban J connectivity index is 1.93. The van der Waals surface area contributed by atoms with Crippen molar-refractivity contribution in [3.05, 3.63) is 72.2 Å². The van der Waals surface area contributed by atoms with E-state index in [4.69, 9.17) is 0 Å². The highest BCUT2D eigenvalue weighted by molar-refractivity contribution is 5.80. The Morgan fingerprint density at radius 3 is 2.50 bits per heavy atom. The third-order valence-electron chi connectivity index (χ3n) is 2.77. The molecular weight excluding hydrogens is 220 g/mol. The second-order valence-electron chi connectivity index (χ2n) is 4.04. The third-order valence-corrected chi connectivity index (χ3v) is 2.77. The van der Waals surface area contributed by atoms with Gasteiger partial charge in [-0.15, -0.1) is 0 Å². The topological polar surface area (TPSA) is 25.8 Å². The van der Waals surface area contributed by atoms with Crippen LogP contribution < -0.4 is 0 Å². The van der Waals surface area contributed by atoms with Gasteiger partial charge in [0.2, 0.25) is 0 Å². The van der Waals surface area contributed by atoms with Crippen molar-refractivity contribution in [3.63, 3.8) is 0 Å². The molecule has 3 rings (SSSR count). The van der Waals surface area contributed by atoms with Gasteiger partial charge in [-0.05, 0) is 35.9 Å². The van der Waals surface area contributed by atoms with Crippen molar-refractivity contribution in [1.29, 1.82) is 0 Å². The smallest absolute Gasteiger partial charge is 0.0709 e. The van der Waals surface area contributed by atoms with Crippen molar-refractivity contribution < 1.29 is 0 Å². The van der Waals surface area contributed by atoms with Crippen LogP contribution >= 0.6 is 0 Å². The minimum atomic E-state index is 0.963. The summed E-state index contributed by atoms with van der Waals surface area (Å²) in [4.78, 5) is 8.58. The fourth-order valence-electron chi connectivity index (χ4n) is 1.83. The molecule has 0 unspecified atom stereocenters. The van der Waals surface area contributed by atoms with Gasteiger partial charge in [-0.3, -0.25) is 4.98 Å². The number of para-hydroxylation sites is 1. The molecule has 18 heavy (non-hydrogen) atoms. The molecule has 0 aliphatic carbocycles. The van der Waals surface area contributed by atoms with Crippen LogP contribution in [0.4, 0.5) is 0 Å². The lowest BCUT2D eigenvalue weighted by Crippen LogP contribution is -1.82. The summed E-state index contributed by atoms with van der Waals surface area (Å²) in [5.41, 5.74) is 3.11. The predicted molar refractivity (Wildman–Crippen MR) is 74.9 cm³/mol. The van der Waals surface area contributed by atoms with Gasteiger partial charge in [-0.25, -0.2) is 4.98 Å². The molecule has 2 aromatic heterocycles. The van der Waals surface area contributed by atoms with E-state index in [0.717, 1.165) is 16.8 Å². The van der Waals surface area contributed by atoms with Gasteiger partial charge in [0.15, 0.2) is 0 Å². The first-order chi connectivity index (χ1) is 8.92. The number of pyridine rings is 2. The molecule has 0 aliphatic rings. The Labute approximate surface area is 106 Å². The zero-order chi connectivity index (χ0) is 12.2. The molecule has 1 aromatic carbocycles. The van der Waals surface area contributed by atoms with Gasteiger partial charge in [0.05, 0.1) is 11.2 Å². The van der Waals surface area contributed by atoms with E-state index in [1.165, 1.54) is 5.39 Å². The number of rotatable bonds is 2. The van der Waals surface area contributed by atoms with Crippen LogP contribution in [0.25, 0.3) is 23.1 Å². The summed E-state index contributed by atoms with van der Waals surface area (Å²) < 4.78 is 0. The van der Waals surface area contributed by atoms with Crippen LogP contribution in [0.1, 0.15) is 11.3 Å². The maximum Gasteiger partial charge on any atom is 0.0709 e. The molecule has 0 saturated carbocycles. The van der Waals surface area contributed by atoms with E-state index >= 15 is 0 Å². The lowest BCUT2D eigenvalue weighted by Gasteiger charge is -1.98. The molecule has 0 amide bonds. The predicted octanol–water partition coefficient (Wildman–Crippen LogP) is 3.80. The summed E-state index contributed by atoms with van der Waals surface area (Å²) in [5, 5.41) is 1.17. The summed E-state index contributed by atoms with van der Waals surface area (Å²) >= 11 is 0. The van der Waals surface area contributed by atoms with Gasteiger partial charge >= 0.3 is 0 Å². The molecular formula is C16H12N2. The van der Waals surface area contributed by atoms with Crippen LogP contribution in [-0.4, -0.2) is 9.97 Å². The minimum Gasteiger partial charge on any atom is -0.265 e. The Kier molecular flexibility index (Phi) is 2.84. The summed E-state index contributed by atoms with van der Waals surface area (Å²) in [6, 6.07) is 16.2. The Hall–Kier alpha value is -2.48. The summed E-state index contributed by atoms with van der Waals surface area (Å²) in [6.45, 7) is 0. The third kappa shape index (κ3) is 2.28. The van der Waals surface area contributed by atoms with Gasteiger partial charge < -0.3 is 0 Å². The van der Waals surface area contributed by atoms with Crippen LogP contribution in [0.5, 0.6) is 0 Å². The fourth-order valence-corrected chi connectivity index (χ4v) is 1.83. The van der Waals surface area contributed by atoms with E-state index in [1.54, 1.807) is 12.4 Å². The second-order valence-corrected chi connectivity index (χ2v) is 4.04. The maximum absolute atomic E-state index is 4.59. The van der Waals surface area contributed by atoms with Crippen LogP contribution in [0, 0.1) is 0 Å². The van der Waals surface area contributed by atoms with Crippen molar-refractivity contribution in [1.82, 2.24) is 9.97 Å². The number of hydrogen-bond donors (Lipinski definition) is 0. The first-order valence-corrected chi connectivity index (χ1v) is 5.86. The van der Waals surface area contributed by atoms with Crippen LogP contribution in [-0.2, 0) is 0 Å². The maximum atomic E-state index is 4.59. The number of hydrogen-bond acceptors (Lipinski definition) is 2. The fraction of sp³-hybridized carbons (Fsp3) is 0. The molecule has 0 bridgehead atoms. The van der Waals surface area contributed by atoms with Gasteiger partial charge in [0, 0.05) is 17.8 Å². The number of benzene rings is 1. The van der Waals surface area contributed by atoms with Crippen LogP contribution in [0.3, 0.4) is 0 Å². The van der Waals surface area contributed by atoms with E-state index in [-0.39, 0.29) is 0 Å². The molecule has 0 spiro atoms. The van der Waals surface area contributed by atoms with Crippen molar-refractivity contribution in [2.24, 2.45) is 0 Å². The molecule has 0 N–H and O–H groups in total. The summed E-state index contributed by atoms with van der Waals surface area (Å²) in [6.07, 6.45) is 7.63. The minimum absolute atomic E-state index is 0.963. The van der Waals surface area contributed by atoms with Gasteiger partial charge in [-0.2, -0.15) is 0 Å². The van der Waals surface area contributed by atoms with Crippen LogP contribution in [0.15, 0.2) is 60.9 Å². The van der Waals surface area contributed by atoms with Gasteiger partial charge in [0.25, 0.3) is 0 Å². The second kappa shape index (κ2) is 4.80. The summed E-state index contributed by atoms with van der Waals surface area (Å²) in [5.74, 6) is 0. The molecule has 0 saturated heterocycles. The van der Waals surface area contributed by atoms with Crippen molar-refractivity contribution in [2.45, 2.75) is 0 Å². The van der Waals surface area contributed by atoms with Gasteiger partial charge in [0.1, 0.15) is 0 Å². The Bertz CT molecular complexity index is 688. The Morgan fingerprint density at radius 2 is 1.61 bits per heavy atom. The molecule has 2 nitrogen and oxygen atoms in total. The highest BCUT2D eigenvalue weighted by Gasteiger charge is 1.94. The van der Waals surface area contributed by atoms with E-state index in [2.05, 4.69) is 22.1 Å². The SMILES string of the molecule is C(=C\c1ccc2ccccc2n1)/c1ccncc1. The molecule has 0 fully saturated rings. The first kappa shape index (κ1) is 10.7. The lowest BCUT2D eigenvalue weighted by molar-refractivity contribution is 1.32. The normalized spacial score (nSPS) is 11.1. The van der Waals surface area contributed by atoms with E-state index in [9.17, 15) is 0 Å². The van der Waals surface area contributed by atoms with Gasteiger partial charge in [-0.1, -0.05) is 30.3 Å². The molecule has 2 heterocycles. The zero-order valence-corrected chi connectivity index (χ0v) is 9.82. The molecule has 0 atom stereocenters. The highest BCUT2D eigenvalue weighted by Crippen LogP contribution is 2.13. The highest BCUT2D eigenvalue weighted by atomic mass is 14.7. The average molecular weight is 232 g/mol. The largest absolute Gasteiger partial charge is 0.265 e. The molecule has 86 valence electrons. The zero-order valence-electron chi connectivity index (χ0n) is 9.82. The Morgan fingerprint density at radius 1 is 0.778 bits per heavy atom. The van der Waals surface area contributed by atoms with Crippen molar-refractivity contribution in [3.8, 4) is 0 Å². The first-order valence-electron chi connectivity index (χ1n) is 5.86. The van der Waals surface area contributed by atoms with Crippen molar-refractivity contribution >= 4 is 23.1 Å².